The topological polar surface area (TPSA) is 99.7 Å². The molecule has 1 fully saturated rings. The van der Waals surface area contributed by atoms with Gasteiger partial charge in [0.25, 0.3) is 0 Å². The van der Waals surface area contributed by atoms with E-state index in [0.29, 0.717) is 24.5 Å². The molecule has 1 aliphatic heterocycles. The van der Waals surface area contributed by atoms with Gasteiger partial charge in [-0.3, -0.25) is 9.59 Å². The van der Waals surface area contributed by atoms with Crippen LogP contribution in [0.1, 0.15) is 75.5 Å². The molecular formula is C32H44FN3O4. The Labute approximate surface area is 237 Å². The lowest BCUT2D eigenvalue weighted by atomic mass is 9.98. The van der Waals surface area contributed by atoms with Crippen molar-refractivity contribution in [1.82, 2.24) is 16.0 Å². The number of aliphatic hydroxyl groups excluding tert-OH is 1. The number of hydrogen-bond donors (Lipinski definition) is 4. The van der Waals surface area contributed by atoms with E-state index < -0.39 is 18.0 Å². The highest BCUT2D eigenvalue weighted by molar-refractivity contribution is 5.83. The Balaban J connectivity index is 1.50. The first kappa shape index (κ1) is 30.0. The second kappa shape index (κ2) is 14.1. The van der Waals surface area contributed by atoms with Crippen molar-refractivity contribution in [2.45, 2.75) is 89.3 Å². The summed E-state index contributed by atoms with van der Waals surface area (Å²) >= 11 is 0. The SMILES string of the molecule is CCCC1CCNC(=O)CCC(=O)NC(C(O)CNC2(c3cccc(CC)c3)CC2)Cc2cc(F)cc(c2)OC1. The maximum absolute atomic E-state index is 14.6. The van der Waals surface area contributed by atoms with Crippen molar-refractivity contribution in [1.29, 1.82) is 0 Å². The zero-order chi connectivity index (χ0) is 28.5. The number of rotatable bonds is 8. The van der Waals surface area contributed by atoms with E-state index in [1.165, 1.54) is 23.3 Å². The Morgan fingerprint density at radius 1 is 1.12 bits per heavy atom. The molecule has 0 radical (unpaired) electrons. The van der Waals surface area contributed by atoms with Crippen molar-refractivity contribution in [2.24, 2.45) is 5.92 Å². The van der Waals surface area contributed by atoms with E-state index in [9.17, 15) is 19.1 Å². The quantitative estimate of drug-likeness (QED) is 0.394. The number of nitrogens with one attached hydrogen (secondary N) is 3. The second-order valence-electron chi connectivity index (χ2n) is 11.4. The summed E-state index contributed by atoms with van der Waals surface area (Å²) in [7, 11) is 0. The van der Waals surface area contributed by atoms with Crippen LogP contribution in [0, 0.1) is 11.7 Å². The van der Waals surface area contributed by atoms with Gasteiger partial charge in [0, 0.05) is 37.5 Å². The van der Waals surface area contributed by atoms with Gasteiger partial charge in [0.2, 0.25) is 11.8 Å². The summed E-state index contributed by atoms with van der Waals surface area (Å²) < 4.78 is 20.6. The molecular weight excluding hydrogens is 509 g/mol. The van der Waals surface area contributed by atoms with Crippen LogP contribution in [0.4, 0.5) is 4.39 Å². The minimum absolute atomic E-state index is 0.0200. The van der Waals surface area contributed by atoms with Gasteiger partial charge in [-0.25, -0.2) is 4.39 Å². The number of aliphatic hydroxyl groups is 1. The van der Waals surface area contributed by atoms with Crippen LogP contribution in [0.5, 0.6) is 5.75 Å². The number of fused-ring (bicyclic) bond motifs is 2. The molecule has 2 bridgehead atoms. The fraction of sp³-hybridized carbons (Fsp3) is 0.562. The Morgan fingerprint density at radius 2 is 1.93 bits per heavy atom. The second-order valence-corrected chi connectivity index (χ2v) is 11.4. The normalized spacial score (nSPS) is 22.5. The first-order valence-corrected chi connectivity index (χ1v) is 14.8. The minimum Gasteiger partial charge on any atom is -0.493 e. The zero-order valence-corrected chi connectivity index (χ0v) is 23.8. The molecule has 3 atom stereocenters. The van der Waals surface area contributed by atoms with Gasteiger partial charge in [-0.05, 0) is 73.3 Å². The lowest BCUT2D eigenvalue weighted by Crippen LogP contribution is -2.50. The van der Waals surface area contributed by atoms with E-state index in [1.807, 2.05) is 0 Å². The smallest absolute Gasteiger partial charge is 0.220 e. The van der Waals surface area contributed by atoms with Crippen LogP contribution in [0.3, 0.4) is 0 Å². The van der Waals surface area contributed by atoms with Gasteiger partial charge >= 0.3 is 0 Å². The van der Waals surface area contributed by atoms with Gasteiger partial charge in [0.15, 0.2) is 0 Å². The van der Waals surface area contributed by atoms with E-state index in [0.717, 1.165) is 38.5 Å². The maximum atomic E-state index is 14.6. The fourth-order valence-electron chi connectivity index (χ4n) is 5.53. The van der Waals surface area contributed by atoms with Crippen LogP contribution in [0.25, 0.3) is 0 Å². The molecule has 2 aromatic carbocycles. The molecule has 3 unspecified atom stereocenters. The molecule has 0 spiro atoms. The lowest BCUT2D eigenvalue weighted by molar-refractivity contribution is -0.127. The molecule has 2 aliphatic rings. The highest BCUT2D eigenvalue weighted by Crippen LogP contribution is 2.45. The standard InChI is InChI=1S/C32H44FN3O4/c1-3-6-23-11-14-34-30(38)9-10-31(39)36-28(18-24-16-26(33)19-27(17-24)40-21-23)29(37)20-35-32(12-13-32)25-8-5-7-22(4-2)15-25/h5,7-8,15-17,19,23,28-29,35,37H,3-4,6,9-14,18,20-21H2,1-2H3,(H,34,38)(H,36,39). The molecule has 218 valence electrons. The van der Waals surface area contributed by atoms with E-state index in [4.69, 9.17) is 4.74 Å². The van der Waals surface area contributed by atoms with E-state index in [-0.39, 0.29) is 49.1 Å². The third kappa shape index (κ3) is 8.51. The molecule has 0 saturated heterocycles. The third-order valence-corrected chi connectivity index (χ3v) is 8.12. The van der Waals surface area contributed by atoms with Crippen LogP contribution in [-0.4, -0.2) is 48.8 Å². The highest BCUT2D eigenvalue weighted by atomic mass is 19.1. The van der Waals surface area contributed by atoms with Crippen LogP contribution in [0.15, 0.2) is 42.5 Å². The molecule has 8 heteroatoms. The number of benzene rings is 2. The van der Waals surface area contributed by atoms with E-state index in [1.54, 1.807) is 6.07 Å². The lowest BCUT2D eigenvalue weighted by Gasteiger charge is -2.28. The first-order valence-electron chi connectivity index (χ1n) is 14.8. The van der Waals surface area contributed by atoms with Crippen molar-refractivity contribution in [3.05, 3.63) is 65.0 Å². The minimum atomic E-state index is -0.926. The zero-order valence-electron chi connectivity index (χ0n) is 23.8. The van der Waals surface area contributed by atoms with Crippen LogP contribution in [0.2, 0.25) is 0 Å². The summed E-state index contributed by atoms with van der Waals surface area (Å²) in [5.74, 6) is -0.257. The average molecular weight is 554 g/mol. The number of amides is 2. The Hall–Kier alpha value is -2.97. The summed E-state index contributed by atoms with van der Waals surface area (Å²) in [5, 5.41) is 20.6. The molecule has 4 N–H and O–H groups in total. The molecule has 1 saturated carbocycles. The number of halogens is 1. The van der Waals surface area contributed by atoms with Gasteiger partial charge in [0.05, 0.1) is 18.8 Å². The molecule has 2 amide bonds. The molecule has 0 aromatic heterocycles. The first-order chi connectivity index (χ1) is 19.3. The van der Waals surface area contributed by atoms with Crippen molar-refractivity contribution >= 4 is 11.8 Å². The van der Waals surface area contributed by atoms with Crippen molar-refractivity contribution in [2.75, 3.05) is 19.7 Å². The number of aryl methyl sites for hydroxylation is 1. The maximum Gasteiger partial charge on any atom is 0.220 e. The largest absolute Gasteiger partial charge is 0.493 e. The molecule has 1 heterocycles. The predicted molar refractivity (Wildman–Crippen MR) is 154 cm³/mol. The monoisotopic (exact) mass is 553 g/mol. The fourth-order valence-corrected chi connectivity index (χ4v) is 5.53. The van der Waals surface area contributed by atoms with Gasteiger partial charge in [-0.15, -0.1) is 0 Å². The summed E-state index contributed by atoms with van der Waals surface area (Å²) in [6, 6.07) is 12.4. The highest BCUT2D eigenvalue weighted by Gasteiger charge is 2.44. The van der Waals surface area contributed by atoms with Crippen LogP contribution >= 0.6 is 0 Å². The Kier molecular flexibility index (Phi) is 10.6. The van der Waals surface area contributed by atoms with Gasteiger partial charge in [0.1, 0.15) is 11.6 Å². The van der Waals surface area contributed by atoms with Gasteiger partial charge in [-0.2, -0.15) is 0 Å². The predicted octanol–water partition coefficient (Wildman–Crippen LogP) is 4.15. The number of ether oxygens (including phenoxy) is 1. The number of carbonyl (C=O) groups is 2. The Bertz CT molecular complexity index is 1150. The molecule has 4 rings (SSSR count). The van der Waals surface area contributed by atoms with E-state index in [2.05, 4.69) is 54.1 Å². The molecule has 1 aliphatic carbocycles. The Morgan fingerprint density at radius 3 is 2.67 bits per heavy atom. The number of carbonyl (C=O) groups excluding carboxylic acids is 2. The number of hydrogen-bond acceptors (Lipinski definition) is 5. The van der Waals surface area contributed by atoms with Crippen molar-refractivity contribution in [3.63, 3.8) is 0 Å². The van der Waals surface area contributed by atoms with Gasteiger partial charge < -0.3 is 25.8 Å². The third-order valence-electron chi connectivity index (χ3n) is 8.12. The van der Waals surface area contributed by atoms with Crippen molar-refractivity contribution < 1.29 is 23.8 Å². The summed E-state index contributed by atoms with van der Waals surface area (Å²) in [6.45, 7) is 5.42. The summed E-state index contributed by atoms with van der Waals surface area (Å²) in [6.07, 6.45) is 4.97. The van der Waals surface area contributed by atoms with Gasteiger partial charge in [-0.1, -0.05) is 44.5 Å². The molecule has 40 heavy (non-hydrogen) atoms. The average Bonchev–Trinajstić information content (AvgIpc) is 3.74. The summed E-state index contributed by atoms with van der Waals surface area (Å²) in [4.78, 5) is 25.2. The van der Waals surface area contributed by atoms with E-state index >= 15 is 0 Å². The van der Waals surface area contributed by atoms with Crippen LogP contribution in [-0.2, 0) is 28.0 Å². The molecule has 2 aromatic rings. The molecule has 7 nitrogen and oxygen atoms in total. The van der Waals surface area contributed by atoms with Crippen molar-refractivity contribution in [3.8, 4) is 5.75 Å². The summed E-state index contributed by atoms with van der Waals surface area (Å²) in [5.41, 5.74) is 2.93. The van der Waals surface area contributed by atoms with Crippen LogP contribution < -0.4 is 20.7 Å².